The molecule has 3 heterocycles. The number of benzene rings is 2. The molecule has 9 nitrogen and oxygen atoms in total. The van der Waals surface area contributed by atoms with Crippen LogP contribution in [0, 0.1) is 13.8 Å². The number of piperazine rings is 1. The number of hydrogen-bond donors (Lipinski definition) is 0. The Morgan fingerprint density at radius 3 is 2.34 bits per heavy atom. The van der Waals surface area contributed by atoms with E-state index in [1.165, 1.54) is 0 Å². The molecule has 0 radical (unpaired) electrons. The Bertz CT molecular complexity index is 1250. The minimum Gasteiger partial charge on any atom is -0.497 e. The van der Waals surface area contributed by atoms with E-state index in [2.05, 4.69) is 10.3 Å². The number of carbonyl (C=O) groups is 2. The van der Waals surface area contributed by atoms with Crippen LogP contribution in [0.3, 0.4) is 0 Å². The highest BCUT2D eigenvalue weighted by Crippen LogP contribution is 2.28. The second kappa shape index (κ2) is 9.50. The van der Waals surface area contributed by atoms with Crippen molar-refractivity contribution in [3.8, 4) is 5.75 Å². The number of nitrogens with zero attached hydrogens (tertiary/aromatic N) is 5. The second-order valence-corrected chi connectivity index (χ2v) is 9.04. The third-order valence-corrected chi connectivity index (χ3v) is 6.77. The molecule has 2 aromatic carbocycles. The van der Waals surface area contributed by atoms with Gasteiger partial charge in [-0.3, -0.25) is 9.59 Å². The predicted molar refractivity (Wildman–Crippen MR) is 128 cm³/mol. The molecule has 2 aliphatic rings. The Kier molecular flexibility index (Phi) is 6.25. The van der Waals surface area contributed by atoms with Gasteiger partial charge in [-0.1, -0.05) is 35.0 Å². The fourth-order valence-corrected chi connectivity index (χ4v) is 4.60. The first-order chi connectivity index (χ1) is 16.9. The molecule has 0 N–H and O–H groups in total. The van der Waals surface area contributed by atoms with Crippen LogP contribution in [0.4, 0.5) is 0 Å². The van der Waals surface area contributed by atoms with E-state index < -0.39 is 0 Å². The van der Waals surface area contributed by atoms with Crippen LogP contribution in [0.2, 0.25) is 0 Å². The van der Waals surface area contributed by atoms with Gasteiger partial charge in [-0.05, 0) is 43.2 Å². The van der Waals surface area contributed by atoms with Gasteiger partial charge in [-0.2, -0.15) is 0 Å². The van der Waals surface area contributed by atoms with Crippen LogP contribution in [0.5, 0.6) is 5.75 Å². The first kappa shape index (κ1) is 23.0. The maximum absolute atomic E-state index is 13.2. The van der Waals surface area contributed by atoms with Gasteiger partial charge in [-0.15, -0.1) is 5.10 Å². The summed E-state index contributed by atoms with van der Waals surface area (Å²) in [6, 6.07) is 13.6. The zero-order chi connectivity index (χ0) is 24.5. The predicted octanol–water partition coefficient (Wildman–Crippen LogP) is 2.77. The van der Waals surface area contributed by atoms with Gasteiger partial charge in [0, 0.05) is 31.7 Å². The monoisotopic (exact) mass is 475 g/mol. The van der Waals surface area contributed by atoms with Gasteiger partial charge in [0.2, 0.25) is 0 Å². The Morgan fingerprint density at radius 1 is 0.971 bits per heavy atom. The first-order valence-electron chi connectivity index (χ1n) is 11.8. The molecule has 9 heteroatoms. The largest absolute Gasteiger partial charge is 0.497 e. The lowest BCUT2D eigenvalue weighted by atomic mass is 10.0. The number of methoxy groups -OCH3 is 1. The van der Waals surface area contributed by atoms with Crippen molar-refractivity contribution in [2.45, 2.75) is 33.1 Å². The van der Waals surface area contributed by atoms with Crippen LogP contribution in [-0.2, 0) is 17.9 Å². The summed E-state index contributed by atoms with van der Waals surface area (Å²) in [5.41, 5.74) is 4.77. The Labute approximate surface area is 204 Å². The molecule has 2 aliphatic heterocycles. The highest BCUT2D eigenvalue weighted by Gasteiger charge is 2.32. The van der Waals surface area contributed by atoms with Crippen LogP contribution >= 0.6 is 0 Å². The van der Waals surface area contributed by atoms with Gasteiger partial charge in [0.15, 0.2) is 5.69 Å². The van der Waals surface area contributed by atoms with Crippen LogP contribution in [0.15, 0.2) is 42.5 Å². The number of fused-ring (bicyclic) bond motifs is 1. The molecule has 1 saturated heterocycles. The molecular formula is C26H29N5O4. The summed E-state index contributed by atoms with van der Waals surface area (Å²) in [6.45, 7) is 6.55. The summed E-state index contributed by atoms with van der Waals surface area (Å²) in [5.74, 6) is 0.628. The zero-order valence-corrected chi connectivity index (χ0v) is 20.2. The lowest BCUT2D eigenvalue weighted by Crippen LogP contribution is -2.51. The van der Waals surface area contributed by atoms with Gasteiger partial charge in [0.05, 0.1) is 26.0 Å². The highest BCUT2D eigenvalue weighted by atomic mass is 16.5. The smallest absolute Gasteiger partial charge is 0.276 e. The van der Waals surface area contributed by atoms with Gasteiger partial charge >= 0.3 is 0 Å². The molecule has 0 saturated carbocycles. The summed E-state index contributed by atoms with van der Waals surface area (Å²) in [5, 5.41) is 8.43. The molecule has 1 unspecified atom stereocenters. The first-order valence-corrected chi connectivity index (χ1v) is 11.8. The van der Waals surface area contributed by atoms with E-state index >= 15 is 0 Å². The van der Waals surface area contributed by atoms with E-state index in [4.69, 9.17) is 9.47 Å². The number of ether oxygens (including phenoxy) is 2. The lowest BCUT2D eigenvalue weighted by Gasteiger charge is -2.35. The van der Waals surface area contributed by atoms with Crippen LogP contribution in [0.25, 0.3) is 0 Å². The lowest BCUT2D eigenvalue weighted by molar-refractivity contribution is -0.00204. The van der Waals surface area contributed by atoms with Gasteiger partial charge in [0.1, 0.15) is 11.9 Å². The quantitative estimate of drug-likeness (QED) is 0.577. The van der Waals surface area contributed by atoms with Crippen molar-refractivity contribution in [1.82, 2.24) is 24.8 Å². The number of carbonyl (C=O) groups excluding carboxylic acids is 2. The van der Waals surface area contributed by atoms with E-state index in [1.807, 2.05) is 61.2 Å². The van der Waals surface area contributed by atoms with Gasteiger partial charge in [-0.25, -0.2) is 4.68 Å². The van der Waals surface area contributed by atoms with Crippen molar-refractivity contribution >= 4 is 11.8 Å². The van der Waals surface area contributed by atoms with Crippen LogP contribution < -0.4 is 4.74 Å². The molecule has 1 atom stereocenters. The summed E-state index contributed by atoms with van der Waals surface area (Å²) in [6.07, 6.45) is -0.169. The molecule has 3 aromatic rings. The van der Waals surface area contributed by atoms with E-state index in [9.17, 15) is 9.59 Å². The highest BCUT2D eigenvalue weighted by molar-refractivity contribution is 5.96. The summed E-state index contributed by atoms with van der Waals surface area (Å²) in [7, 11) is 1.63. The Hall–Kier alpha value is -3.72. The maximum Gasteiger partial charge on any atom is 0.276 e. The third-order valence-electron chi connectivity index (χ3n) is 6.77. The molecule has 0 spiro atoms. The Morgan fingerprint density at radius 2 is 1.66 bits per heavy atom. The van der Waals surface area contributed by atoms with Crippen LogP contribution in [0.1, 0.15) is 49.3 Å². The molecule has 1 fully saturated rings. The maximum atomic E-state index is 13.2. The van der Waals surface area contributed by atoms with E-state index in [-0.39, 0.29) is 24.5 Å². The summed E-state index contributed by atoms with van der Waals surface area (Å²) >= 11 is 0. The topological polar surface area (TPSA) is 89.8 Å². The van der Waals surface area contributed by atoms with Crippen molar-refractivity contribution in [2.24, 2.45) is 0 Å². The number of aryl methyl sites for hydroxylation is 2. The van der Waals surface area contributed by atoms with Gasteiger partial charge < -0.3 is 19.3 Å². The molecule has 182 valence electrons. The van der Waals surface area contributed by atoms with Crippen molar-refractivity contribution in [1.29, 1.82) is 0 Å². The average Bonchev–Trinajstić information content (AvgIpc) is 3.32. The minimum absolute atomic E-state index is 0.0114. The standard InChI is InChI=1S/C26H29N5O4/c1-17-4-5-18(2)21(14-17)25(32)29-10-12-30(13-11-29)26(33)24-22-16-35-23(15-31(22)28-27-24)19-6-8-20(34-3)9-7-19/h4-9,14,23H,10-13,15-16H2,1-3H3. The zero-order valence-electron chi connectivity index (χ0n) is 20.2. The normalized spacial score (nSPS) is 17.7. The molecular weight excluding hydrogens is 446 g/mol. The average molecular weight is 476 g/mol. The van der Waals surface area contributed by atoms with Crippen molar-refractivity contribution in [3.05, 3.63) is 76.1 Å². The summed E-state index contributed by atoms with van der Waals surface area (Å²) in [4.78, 5) is 29.8. The summed E-state index contributed by atoms with van der Waals surface area (Å²) < 4.78 is 13.0. The van der Waals surface area contributed by atoms with Crippen molar-refractivity contribution in [2.75, 3.05) is 33.3 Å². The number of aromatic nitrogens is 3. The second-order valence-electron chi connectivity index (χ2n) is 9.04. The third kappa shape index (κ3) is 4.51. The minimum atomic E-state index is -0.170. The van der Waals surface area contributed by atoms with Crippen LogP contribution in [-0.4, -0.2) is 69.9 Å². The van der Waals surface area contributed by atoms with E-state index in [0.717, 1.165) is 28.0 Å². The molecule has 0 aliphatic carbocycles. The van der Waals surface area contributed by atoms with Crippen molar-refractivity contribution in [3.63, 3.8) is 0 Å². The van der Waals surface area contributed by atoms with E-state index in [1.54, 1.807) is 16.7 Å². The number of hydrogen-bond acceptors (Lipinski definition) is 6. The molecule has 2 amide bonds. The number of rotatable bonds is 4. The van der Waals surface area contributed by atoms with Crippen molar-refractivity contribution < 1.29 is 19.1 Å². The fraction of sp³-hybridized carbons (Fsp3) is 0.385. The number of amides is 2. The fourth-order valence-electron chi connectivity index (χ4n) is 4.60. The molecule has 0 bridgehead atoms. The Balaban J connectivity index is 1.23. The molecule has 5 rings (SSSR count). The SMILES string of the molecule is COc1ccc(C2Cn3nnc(C(=O)N4CCN(C(=O)c5cc(C)ccc5C)CC4)c3CO2)cc1. The van der Waals surface area contributed by atoms with Gasteiger partial charge in [0.25, 0.3) is 11.8 Å². The molecule has 35 heavy (non-hydrogen) atoms. The van der Waals surface area contributed by atoms with E-state index in [0.29, 0.717) is 44.1 Å². The molecule has 1 aromatic heterocycles.